The second kappa shape index (κ2) is 16.4. The Morgan fingerprint density at radius 1 is 0.667 bits per heavy atom. The van der Waals surface area contributed by atoms with Crippen LogP contribution in [-0.2, 0) is 19.3 Å². The SMILES string of the molecule is CCCCCCCCc1cccc(N=C(C)C=Nc2cc(CC)cc(CCCCCC)c2)c1. The van der Waals surface area contributed by atoms with Crippen molar-refractivity contribution in [2.24, 2.45) is 9.98 Å². The molecule has 0 saturated heterocycles. The van der Waals surface area contributed by atoms with E-state index < -0.39 is 0 Å². The first kappa shape index (κ1) is 27.0. The fourth-order valence-corrected chi connectivity index (χ4v) is 4.21. The van der Waals surface area contributed by atoms with Gasteiger partial charge >= 0.3 is 0 Å². The highest BCUT2D eigenvalue weighted by atomic mass is 14.8. The highest BCUT2D eigenvalue weighted by molar-refractivity contribution is 6.30. The van der Waals surface area contributed by atoms with Crippen LogP contribution in [0, 0.1) is 0 Å². The summed E-state index contributed by atoms with van der Waals surface area (Å²) < 4.78 is 0. The molecule has 0 N–H and O–H groups in total. The van der Waals surface area contributed by atoms with Gasteiger partial charge in [0.25, 0.3) is 0 Å². The van der Waals surface area contributed by atoms with Gasteiger partial charge in [-0.1, -0.05) is 90.3 Å². The van der Waals surface area contributed by atoms with Crippen LogP contribution in [-0.4, -0.2) is 11.9 Å². The summed E-state index contributed by atoms with van der Waals surface area (Å²) in [7, 11) is 0. The monoisotopic (exact) mass is 446 g/mol. The number of unbranched alkanes of at least 4 members (excludes halogenated alkanes) is 8. The average molecular weight is 447 g/mol. The van der Waals surface area contributed by atoms with E-state index in [2.05, 4.69) is 63.2 Å². The van der Waals surface area contributed by atoms with Gasteiger partial charge < -0.3 is 0 Å². The molecule has 0 radical (unpaired) electrons. The molecule has 0 bridgehead atoms. The molecule has 0 spiro atoms. The van der Waals surface area contributed by atoms with Gasteiger partial charge in [-0.05, 0) is 80.0 Å². The lowest BCUT2D eigenvalue weighted by Crippen LogP contribution is -1.93. The third-order valence-corrected chi connectivity index (χ3v) is 6.20. The molecule has 0 aliphatic carbocycles. The summed E-state index contributed by atoms with van der Waals surface area (Å²) in [4.78, 5) is 9.57. The second-order valence-electron chi connectivity index (χ2n) is 9.37. The molecular formula is C31H46N2. The minimum atomic E-state index is 0.943. The van der Waals surface area contributed by atoms with E-state index in [9.17, 15) is 0 Å². The van der Waals surface area contributed by atoms with E-state index in [1.165, 1.54) is 80.9 Å². The standard InChI is InChI=1S/C31H46N2/c1-5-8-10-12-13-15-17-28-19-16-20-30(23-28)33-26(4)25-32-31-22-27(7-3)21-29(24-31)18-14-11-9-6-2/h16,19-25H,5-15,17-18H2,1-4H3. The molecule has 2 nitrogen and oxygen atoms in total. The molecule has 0 fully saturated rings. The van der Waals surface area contributed by atoms with E-state index in [1.807, 2.05) is 13.1 Å². The van der Waals surface area contributed by atoms with Gasteiger partial charge in [-0.15, -0.1) is 0 Å². The number of hydrogen-bond acceptors (Lipinski definition) is 2. The topological polar surface area (TPSA) is 24.7 Å². The van der Waals surface area contributed by atoms with Gasteiger partial charge in [-0.3, -0.25) is 9.98 Å². The Bertz CT molecular complexity index is 863. The lowest BCUT2D eigenvalue weighted by molar-refractivity contribution is 0.607. The van der Waals surface area contributed by atoms with E-state index in [0.29, 0.717) is 0 Å². The number of aryl methyl sites for hydroxylation is 3. The molecule has 0 aliphatic heterocycles. The number of nitrogens with zero attached hydrogens (tertiary/aromatic N) is 2. The molecule has 2 aromatic carbocycles. The van der Waals surface area contributed by atoms with Crippen LogP contribution in [0.3, 0.4) is 0 Å². The molecular weight excluding hydrogens is 400 g/mol. The quantitative estimate of drug-likeness (QED) is 0.181. The Morgan fingerprint density at radius 3 is 2.00 bits per heavy atom. The van der Waals surface area contributed by atoms with Crippen LogP contribution >= 0.6 is 0 Å². The number of hydrogen-bond donors (Lipinski definition) is 0. The summed E-state index contributed by atoms with van der Waals surface area (Å²) in [6.45, 7) is 8.79. The molecule has 2 heteroatoms. The molecule has 0 amide bonds. The first-order valence-corrected chi connectivity index (χ1v) is 13.5. The smallest absolute Gasteiger partial charge is 0.0636 e. The van der Waals surface area contributed by atoms with Gasteiger partial charge in [0.05, 0.1) is 17.1 Å². The van der Waals surface area contributed by atoms with Gasteiger partial charge in [-0.2, -0.15) is 0 Å². The largest absolute Gasteiger partial charge is 0.255 e. The summed E-state index contributed by atoms with van der Waals surface area (Å²) >= 11 is 0. The molecule has 2 rings (SSSR count). The Kier molecular flexibility index (Phi) is 13.4. The summed E-state index contributed by atoms with van der Waals surface area (Å²) in [5.74, 6) is 0. The lowest BCUT2D eigenvalue weighted by Gasteiger charge is -2.06. The van der Waals surface area contributed by atoms with E-state index in [1.54, 1.807) is 0 Å². The van der Waals surface area contributed by atoms with Crippen LogP contribution < -0.4 is 0 Å². The Morgan fingerprint density at radius 2 is 1.27 bits per heavy atom. The van der Waals surface area contributed by atoms with Crippen molar-refractivity contribution >= 4 is 23.3 Å². The van der Waals surface area contributed by atoms with Crippen molar-refractivity contribution in [1.82, 2.24) is 0 Å². The van der Waals surface area contributed by atoms with E-state index in [-0.39, 0.29) is 0 Å². The zero-order valence-corrected chi connectivity index (χ0v) is 21.7. The summed E-state index contributed by atoms with van der Waals surface area (Å²) in [6, 6.07) is 15.5. The summed E-state index contributed by atoms with van der Waals surface area (Å²) in [6.07, 6.45) is 18.5. The molecule has 0 heterocycles. The first-order chi connectivity index (χ1) is 16.1. The van der Waals surface area contributed by atoms with Crippen molar-refractivity contribution in [1.29, 1.82) is 0 Å². The van der Waals surface area contributed by atoms with Gasteiger partial charge in [-0.25, -0.2) is 0 Å². The molecule has 0 aromatic heterocycles. The predicted molar refractivity (Wildman–Crippen MR) is 148 cm³/mol. The lowest BCUT2D eigenvalue weighted by atomic mass is 10.0. The fraction of sp³-hybridized carbons (Fsp3) is 0.548. The minimum absolute atomic E-state index is 0.943. The van der Waals surface area contributed by atoms with Crippen LogP contribution in [0.4, 0.5) is 11.4 Å². The van der Waals surface area contributed by atoms with Crippen LogP contribution in [0.2, 0.25) is 0 Å². The van der Waals surface area contributed by atoms with E-state index in [4.69, 9.17) is 9.98 Å². The summed E-state index contributed by atoms with van der Waals surface area (Å²) in [5, 5.41) is 0. The van der Waals surface area contributed by atoms with E-state index >= 15 is 0 Å². The highest BCUT2D eigenvalue weighted by Gasteiger charge is 2.01. The number of rotatable bonds is 16. The first-order valence-electron chi connectivity index (χ1n) is 13.5. The fourth-order valence-electron chi connectivity index (χ4n) is 4.21. The molecule has 0 atom stereocenters. The number of benzene rings is 2. The van der Waals surface area contributed by atoms with Crippen molar-refractivity contribution in [3.05, 3.63) is 59.2 Å². The third kappa shape index (κ3) is 11.5. The Hall–Kier alpha value is -2.22. The molecule has 180 valence electrons. The second-order valence-corrected chi connectivity index (χ2v) is 9.37. The molecule has 2 aromatic rings. The van der Waals surface area contributed by atoms with Gasteiger partial charge in [0.1, 0.15) is 0 Å². The van der Waals surface area contributed by atoms with Gasteiger partial charge in [0.15, 0.2) is 0 Å². The Balaban J connectivity index is 1.96. The predicted octanol–water partition coefficient (Wildman–Crippen LogP) is 9.77. The van der Waals surface area contributed by atoms with Crippen molar-refractivity contribution in [2.45, 2.75) is 111 Å². The zero-order valence-electron chi connectivity index (χ0n) is 21.7. The minimum Gasteiger partial charge on any atom is -0.255 e. The maximum atomic E-state index is 4.81. The maximum absolute atomic E-state index is 4.81. The average Bonchev–Trinajstić information content (AvgIpc) is 2.83. The molecule has 0 saturated carbocycles. The number of aliphatic imine (C=N–C) groups is 2. The normalized spacial score (nSPS) is 12.1. The Labute approximate surface area is 203 Å². The molecule has 0 unspecified atom stereocenters. The third-order valence-electron chi connectivity index (χ3n) is 6.20. The van der Waals surface area contributed by atoms with Crippen LogP contribution in [0.15, 0.2) is 52.4 Å². The van der Waals surface area contributed by atoms with Crippen molar-refractivity contribution < 1.29 is 0 Å². The van der Waals surface area contributed by atoms with Crippen molar-refractivity contribution in [3.63, 3.8) is 0 Å². The van der Waals surface area contributed by atoms with Crippen LogP contribution in [0.1, 0.15) is 109 Å². The van der Waals surface area contributed by atoms with Crippen LogP contribution in [0.25, 0.3) is 0 Å². The van der Waals surface area contributed by atoms with Crippen molar-refractivity contribution in [3.8, 4) is 0 Å². The van der Waals surface area contributed by atoms with Gasteiger partial charge in [0, 0.05) is 6.21 Å². The maximum Gasteiger partial charge on any atom is 0.0636 e. The van der Waals surface area contributed by atoms with Gasteiger partial charge in [0.2, 0.25) is 0 Å². The van der Waals surface area contributed by atoms with Crippen LogP contribution in [0.5, 0.6) is 0 Å². The highest BCUT2D eigenvalue weighted by Crippen LogP contribution is 2.21. The molecule has 0 aliphatic rings. The summed E-state index contributed by atoms with van der Waals surface area (Å²) in [5.41, 5.74) is 7.19. The molecule has 33 heavy (non-hydrogen) atoms. The van der Waals surface area contributed by atoms with Crippen molar-refractivity contribution in [2.75, 3.05) is 0 Å². The van der Waals surface area contributed by atoms with E-state index in [0.717, 1.165) is 36.3 Å². The zero-order chi connectivity index (χ0) is 23.7.